The Hall–Kier alpha value is -1.78. The summed E-state index contributed by atoms with van der Waals surface area (Å²) in [5.41, 5.74) is 1.22. The summed E-state index contributed by atoms with van der Waals surface area (Å²) in [6, 6.07) is 4.80. The van der Waals surface area contributed by atoms with Crippen LogP contribution in [0, 0.1) is 15.5 Å². The van der Waals surface area contributed by atoms with Gasteiger partial charge >= 0.3 is 0 Å². The quantitative estimate of drug-likeness (QED) is 0.603. The van der Waals surface area contributed by atoms with E-state index in [1.807, 2.05) is 0 Å². The van der Waals surface area contributed by atoms with E-state index in [0.29, 0.717) is 11.2 Å². The molecule has 1 N–H and O–H groups in total. The first-order valence-electron chi connectivity index (χ1n) is 6.66. The van der Waals surface area contributed by atoms with E-state index < -0.39 is 4.92 Å². The normalized spacial score (nSPS) is 15.9. The fourth-order valence-corrected chi connectivity index (χ4v) is 2.42. The third-order valence-electron chi connectivity index (χ3n) is 3.74. The zero-order valence-corrected chi connectivity index (χ0v) is 11.4. The molecule has 104 valence electrons. The molecule has 0 radical (unpaired) electrons. The Morgan fingerprint density at radius 1 is 1.42 bits per heavy atom. The Kier molecular flexibility index (Phi) is 3.93. The highest BCUT2D eigenvalue weighted by molar-refractivity contribution is 5.56. The summed E-state index contributed by atoms with van der Waals surface area (Å²) < 4.78 is 5.10. The second-order valence-electron chi connectivity index (χ2n) is 5.28. The molecule has 0 heterocycles. The highest BCUT2D eigenvalue weighted by atomic mass is 16.6. The molecule has 5 heteroatoms. The fraction of sp³-hybridized carbons (Fsp3) is 0.571. The number of methoxy groups -OCH3 is 1. The lowest BCUT2D eigenvalue weighted by atomic mass is 10.0. The lowest BCUT2D eigenvalue weighted by Crippen LogP contribution is -2.15. The molecule has 1 saturated carbocycles. The molecule has 1 aliphatic rings. The molecule has 1 aromatic carbocycles. The zero-order valence-electron chi connectivity index (χ0n) is 11.4. The summed E-state index contributed by atoms with van der Waals surface area (Å²) in [5, 5.41) is 14.2. The molecule has 1 aromatic rings. The summed E-state index contributed by atoms with van der Waals surface area (Å²) in [7, 11) is 1.52. The first-order valence-corrected chi connectivity index (χ1v) is 6.66. The van der Waals surface area contributed by atoms with E-state index in [-0.39, 0.29) is 5.69 Å². The average Bonchev–Trinajstić information content (AvgIpc) is 3.17. The van der Waals surface area contributed by atoms with Gasteiger partial charge < -0.3 is 10.1 Å². The molecule has 0 amide bonds. The van der Waals surface area contributed by atoms with Gasteiger partial charge in [-0.05, 0) is 24.7 Å². The minimum absolute atomic E-state index is 0.0576. The maximum atomic E-state index is 10.9. The number of nitrogens with zero attached hydrogens (tertiary/aromatic N) is 1. The molecule has 19 heavy (non-hydrogen) atoms. The van der Waals surface area contributed by atoms with Crippen molar-refractivity contribution in [3.63, 3.8) is 0 Å². The zero-order chi connectivity index (χ0) is 13.9. The number of nitro benzene ring substituents is 1. The standard InChI is InChI=1S/C14H20N2O3/c1-3-4-14(5-6-14)10-15-11-7-12(16(17)18)9-13(8-11)19-2/h7-9,15H,3-6,10H2,1-2H3. The highest BCUT2D eigenvalue weighted by Gasteiger charge is 2.41. The van der Waals surface area contributed by atoms with E-state index in [9.17, 15) is 10.1 Å². The smallest absolute Gasteiger partial charge is 0.275 e. The van der Waals surface area contributed by atoms with Gasteiger partial charge in [0.05, 0.1) is 18.1 Å². The molecular formula is C14H20N2O3. The van der Waals surface area contributed by atoms with E-state index >= 15 is 0 Å². The minimum atomic E-state index is -0.396. The van der Waals surface area contributed by atoms with Crippen LogP contribution >= 0.6 is 0 Å². The van der Waals surface area contributed by atoms with Crippen LogP contribution in [0.15, 0.2) is 18.2 Å². The monoisotopic (exact) mass is 264 g/mol. The van der Waals surface area contributed by atoms with E-state index in [1.165, 1.54) is 38.9 Å². The van der Waals surface area contributed by atoms with Crippen molar-refractivity contribution in [2.24, 2.45) is 5.41 Å². The van der Waals surface area contributed by atoms with Crippen molar-refractivity contribution in [1.29, 1.82) is 0 Å². The Bertz CT molecular complexity index is 470. The van der Waals surface area contributed by atoms with Gasteiger partial charge in [0.1, 0.15) is 5.75 Å². The SMILES string of the molecule is CCCC1(CNc2cc(OC)cc([N+](=O)[O-])c2)CC1. The molecule has 0 aromatic heterocycles. The molecule has 2 rings (SSSR count). The van der Waals surface area contributed by atoms with Gasteiger partial charge in [-0.2, -0.15) is 0 Å². The first kappa shape index (κ1) is 13.6. The van der Waals surface area contributed by atoms with Crippen molar-refractivity contribution in [3.8, 4) is 5.75 Å². The van der Waals surface area contributed by atoms with Crippen LogP contribution in [0.4, 0.5) is 11.4 Å². The summed E-state index contributed by atoms with van der Waals surface area (Å²) in [6.45, 7) is 3.07. The van der Waals surface area contributed by atoms with Gasteiger partial charge in [0.15, 0.2) is 0 Å². The van der Waals surface area contributed by atoms with Crippen LogP contribution in [0.3, 0.4) is 0 Å². The molecule has 0 bridgehead atoms. The predicted octanol–water partition coefficient (Wildman–Crippen LogP) is 3.60. The molecule has 0 spiro atoms. The van der Waals surface area contributed by atoms with Crippen molar-refractivity contribution >= 4 is 11.4 Å². The number of rotatable bonds is 7. The van der Waals surface area contributed by atoms with Crippen LogP contribution in [-0.4, -0.2) is 18.6 Å². The fourth-order valence-electron chi connectivity index (χ4n) is 2.42. The lowest BCUT2D eigenvalue weighted by molar-refractivity contribution is -0.384. The Morgan fingerprint density at radius 2 is 2.16 bits per heavy atom. The van der Waals surface area contributed by atoms with Crippen LogP contribution in [0.25, 0.3) is 0 Å². The number of nitro groups is 1. The van der Waals surface area contributed by atoms with Crippen LogP contribution in [-0.2, 0) is 0 Å². The van der Waals surface area contributed by atoms with Crippen LogP contribution < -0.4 is 10.1 Å². The average molecular weight is 264 g/mol. The highest BCUT2D eigenvalue weighted by Crippen LogP contribution is 2.49. The Balaban J connectivity index is 2.07. The number of nitrogens with one attached hydrogen (secondary N) is 1. The van der Waals surface area contributed by atoms with Crippen molar-refractivity contribution < 1.29 is 9.66 Å². The van der Waals surface area contributed by atoms with E-state index in [2.05, 4.69) is 12.2 Å². The predicted molar refractivity (Wildman–Crippen MR) is 74.7 cm³/mol. The molecule has 5 nitrogen and oxygen atoms in total. The van der Waals surface area contributed by atoms with Crippen molar-refractivity contribution in [2.45, 2.75) is 32.6 Å². The van der Waals surface area contributed by atoms with E-state index in [4.69, 9.17) is 4.74 Å². The third-order valence-corrected chi connectivity index (χ3v) is 3.74. The van der Waals surface area contributed by atoms with Gasteiger partial charge in [0.2, 0.25) is 0 Å². The maximum Gasteiger partial charge on any atom is 0.275 e. The van der Waals surface area contributed by atoms with Crippen molar-refractivity contribution in [2.75, 3.05) is 19.0 Å². The number of hydrogen-bond acceptors (Lipinski definition) is 4. The number of ether oxygens (including phenoxy) is 1. The molecule has 1 fully saturated rings. The number of non-ortho nitro benzene ring substituents is 1. The van der Waals surface area contributed by atoms with Gasteiger partial charge in [-0.15, -0.1) is 0 Å². The van der Waals surface area contributed by atoms with Gasteiger partial charge in [-0.1, -0.05) is 13.3 Å². The Labute approximate surface area is 113 Å². The first-order chi connectivity index (χ1) is 9.08. The number of benzene rings is 1. The number of anilines is 1. The van der Waals surface area contributed by atoms with Crippen LogP contribution in [0.2, 0.25) is 0 Å². The number of hydrogen-bond donors (Lipinski definition) is 1. The molecule has 0 aliphatic heterocycles. The van der Waals surface area contributed by atoms with Crippen LogP contribution in [0.1, 0.15) is 32.6 Å². The van der Waals surface area contributed by atoms with Gasteiger partial charge in [-0.3, -0.25) is 10.1 Å². The summed E-state index contributed by atoms with van der Waals surface area (Å²) >= 11 is 0. The van der Waals surface area contributed by atoms with Gasteiger partial charge in [0, 0.05) is 24.4 Å². The topological polar surface area (TPSA) is 64.4 Å². The van der Waals surface area contributed by atoms with E-state index in [0.717, 1.165) is 12.2 Å². The summed E-state index contributed by atoms with van der Waals surface area (Å²) in [5.74, 6) is 0.511. The minimum Gasteiger partial charge on any atom is -0.496 e. The maximum absolute atomic E-state index is 10.9. The summed E-state index contributed by atoms with van der Waals surface area (Å²) in [6.07, 6.45) is 4.89. The lowest BCUT2D eigenvalue weighted by Gasteiger charge is -2.16. The van der Waals surface area contributed by atoms with E-state index in [1.54, 1.807) is 12.1 Å². The van der Waals surface area contributed by atoms with Crippen molar-refractivity contribution in [3.05, 3.63) is 28.3 Å². The third kappa shape index (κ3) is 3.36. The van der Waals surface area contributed by atoms with Gasteiger partial charge in [-0.25, -0.2) is 0 Å². The largest absolute Gasteiger partial charge is 0.496 e. The molecule has 0 atom stereocenters. The second kappa shape index (κ2) is 5.47. The molecule has 0 unspecified atom stereocenters. The molecule has 1 aliphatic carbocycles. The molecule has 0 saturated heterocycles. The molecular weight excluding hydrogens is 244 g/mol. The van der Waals surface area contributed by atoms with Gasteiger partial charge in [0.25, 0.3) is 5.69 Å². The van der Waals surface area contributed by atoms with Crippen LogP contribution in [0.5, 0.6) is 5.75 Å². The Morgan fingerprint density at radius 3 is 2.68 bits per heavy atom. The van der Waals surface area contributed by atoms with Crippen molar-refractivity contribution in [1.82, 2.24) is 0 Å². The second-order valence-corrected chi connectivity index (χ2v) is 5.28. The summed E-state index contributed by atoms with van der Waals surface area (Å²) in [4.78, 5) is 10.5.